The van der Waals surface area contributed by atoms with Crippen LogP contribution in [0.4, 0.5) is 9.59 Å². The number of halogens is 3. The minimum atomic E-state index is -2.22. The summed E-state index contributed by atoms with van der Waals surface area (Å²) in [6, 6.07) is 9.40. The number of carbonyl (C=O) groups excluding carboxylic acids is 10. The fourth-order valence-corrected chi connectivity index (χ4v) is 10.6. The maximum Gasteiger partial charge on any atom is 0.407 e. The number of aliphatic hydroxyl groups is 1. The highest BCUT2D eigenvalue weighted by atomic mass is 35.6. The average Bonchev–Trinajstić information content (AvgIpc) is 1.77. The lowest BCUT2D eigenvalue weighted by molar-refractivity contribution is -0.351. The smallest absolute Gasteiger partial charge is 0.407 e. The number of hydrogen-bond donors (Lipinski definition) is 3. The van der Waals surface area contributed by atoms with Crippen LogP contribution in [0, 0.1) is 0 Å². The van der Waals surface area contributed by atoms with Crippen LogP contribution in [0.5, 0.6) is 0 Å². The van der Waals surface area contributed by atoms with Gasteiger partial charge in [0.1, 0.15) is 74.6 Å². The van der Waals surface area contributed by atoms with E-state index in [-0.39, 0.29) is 6.61 Å². The van der Waals surface area contributed by atoms with Crippen LogP contribution in [0.2, 0.25) is 0 Å². The molecule has 0 spiro atoms. The predicted molar refractivity (Wildman–Crippen MR) is 314 cm³/mol. The minimum absolute atomic E-state index is 0.216. The molecule has 0 saturated carbocycles. The third kappa shape index (κ3) is 21.3. The van der Waals surface area contributed by atoms with Crippen molar-refractivity contribution < 1.29 is 129 Å². The molecule has 2 aromatic carbocycles. The number of alkyl carbamates (subject to hydrolysis) is 2. The molecule has 32 nitrogen and oxygen atoms in total. The summed E-state index contributed by atoms with van der Waals surface area (Å²) in [6.07, 6.45) is -28.9. The standard InChI is InChI=1S/C58H72Cl3N5O27/c1-25(41(51(75)93-57(9,10)11)63-55(76)81-20-37-35-18-14-12-16-33(35)34-17-13-15-19-36(34)37)83-53-43(65-66-62)47(92-54-50(88-32(8)73)49(87-31(7)72)46(85-29(5)70)40(91-54)23-79-27(3)68)44(74)38(89-53)21-80-52-42(64-56(77)82-24-58(59,60)61)48(86-30(6)71)45(84-28(4)69)39(90-52)22-78-26(2)67/h12-19,25,37-50,52-54,74H,20-24H2,1-11H3,(H,63,76)(H,64,77)/t25-,38-,39-,40-,41+,42-,43-,44+,45-,46+,47-,48-,49+,50-,52-,53+,54+/m1/s1. The quantitative estimate of drug-likeness (QED) is 0.0325. The molecule has 1 aliphatic carbocycles. The Morgan fingerprint density at radius 2 is 1.08 bits per heavy atom. The van der Waals surface area contributed by atoms with Gasteiger partial charge in [-0.25, -0.2) is 14.4 Å². The first-order chi connectivity index (χ1) is 43.6. The van der Waals surface area contributed by atoms with E-state index in [0.29, 0.717) is 0 Å². The molecule has 17 atom stereocenters. The average molecular weight is 1380 g/mol. The molecule has 35 heteroatoms. The molecule has 3 saturated heterocycles. The van der Waals surface area contributed by atoms with Crippen molar-refractivity contribution >= 4 is 94.7 Å². The van der Waals surface area contributed by atoms with Gasteiger partial charge in [0.25, 0.3) is 0 Å². The summed E-state index contributed by atoms with van der Waals surface area (Å²) in [7, 11) is 0. The second-order valence-electron chi connectivity index (χ2n) is 22.4. The molecule has 3 aliphatic heterocycles. The van der Waals surface area contributed by atoms with Crippen LogP contribution in [0.1, 0.15) is 93.2 Å². The molecule has 0 unspecified atom stereocenters. The van der Waals surface area contributed by atoms with Crippen molar-refractivity contribution in [3.8, 4) is 11.1 Å². The summed E-state index contributed by atoms with van der Waals surface area (Å²) in [4.78, 5) is 133. The van der Waals surface area contributed by atoms with Gasteiger partial charge in [0, 0.05) is 59.3 Å². The number of azide groups is 1. The molecule has 3 N–H and O–H groups in total. The third-order valence-corrected chi connectivity index (χ3v) is 14.3. The molecule has 3 heterocycles. The highest BCUT2D eigenvalue weighted by molar-refractivity contribution is 6.67. The first-order valence-corrected chi connectivity index (χ1v) is 29.9. The molecule has 0 bridgehead atoms. The molecule has 2 aromatic rings. The predicted octanol–water partition coefficient (Wildman–Crippen LogP) is 4.51. The van der Waals surface area contributed by atoms with Gasteiger partial charge in [-0.2, -0.15) is 0 Å². The van der Waals surface area contributed by atoms with Crippen LogP contribution in [0.15, 0.2) is 53.6 Å². The van der Waals surface area contributed by atoms with E-state index in [9.17, 15) is 58.6 Å². The van der Waals surface area contributed by atoms with Gasteiger partial charge < -0.3 is 91.5 Å². The molecule has 0 aromatic heterocycles. The number of rotatable bonds is 24. The minimum Gasteiger partial charge on any atom is -0.463 e. The maximum atomic E-state index is 14.3. The van der Waals surface area contributed by atoms with Gasteiger partial charge in [-0.3, -0.25) is 33.6 Å². The van der Waals surface area contributed by atoms with E-state index in [1.54, 1.807) is 0 Å². The van der Waals surface area contributed by atoms with E-state index in [0.717, 1.165) is 70.7 Å². The Balaban J connectivity index is 1.45. The van der Waals surface area contributed by atoms with Crippen molar-refractivity contribution in [1.29, 1.82) is 0 Å². The number of hydrogen-bond acceptors (Lipinski definition) is 28. The van der Waals surface area contributed by atoms with Crippen LogP contribution >= 0.6 is 34.8 Å². The number of benzene rings is 2. The summed E-state index contributed by atoms with van der Waals surface area (Å²) < 4.78 is 90.6. The fraction of sp³-hybridized carbons (Fsp3) is 0.621. The van der Waals surface area contributed by atoms with E-state index >= 15 is 0 Å². The Labute approximate surface area is 547 Å². The lowest BCUT2D eigenvalue weighted by Gasteiger charge is -2.49. The molecule has 512 valence electrons. The van der Waals surface area contributed by atoms with Gasteiger partial charge in [-0.1, -0.05) is 88.4 Å². The van der Waals surface area contributed by atoms with Crippen LogP contribution < -0.4 is 10.6 Å². The highest BCUT2D eigenvalue weighted by Gasteiger charge is 2.58. The van der Waals surface area contributed by atoms with Gasteiger partial charge in [0.05, 0.1) is 12.7 Å². The van der Waals surface area contributed by atoms with E-state index in [1.807, 2.05) is 48.5 Å². The number of nitrogens with one attached hydrogen (secondary N) is 2. The van der Waals surface area contributed by atoms with Crippen molar-refractivity contribution in [2.45, 2.75) is 196 Å². The number of carbonyl (C=O) groups is 10. The number of amides is 2. The molecule has 3 fully saturated rings. The second-order valence-corrected chi connectivity index (χ2v) is 24.9. The van der Waals surface area contributed by atoms with Crippen molar-refractivity contribution in [2.24, 2.45) is 5.11 Å². The number of fused-ring (bicyclic) bond motifs is 3. The van der Waals surface area contributed by atoms with Gasteiger partial charge in [-0.05, 0) is 55.5 Å². The van der Waals surface area contributed by atoms with Crippen molar-refractivity contribution in [2.75, 3.05) is 33.0 Å². The Morgan fingerprint density at radius 1 is 0.591 bits per heavy atom. The summed E-state index contributed by atoms with van der Waals surface area (Å²) in [5, 5.41) is 21.4. The zero-order valence-electron chi connectivity index (χ0n) is 52.1. The highest BCUT2D eigenvalue weighted by Crippen LogP contribution is 2.45. The van der Waals surface area contributed by atoms with Crippen LogP contribution in [0.3, 0.4) is 0 Å². The van der Waals surface area contributed by atoms with Crippen molar-refractivity contribution in [3.63, 3.8) is 0 Å². The Kier molecular flexibility index (Phi) is 26.6. The van der Waals surface area contributed by atoms with E-state index in [1.165, 1.54) is 27.7 Å². The SMILES string of the molecule is CC(=O)OC[C@H]1O[C@@H](O[C@H]2[C@@H](O)[C@@H](CO[C@@H]3O[C@H](COC(C)=O)[C@@H](OC(C)=O)[C@H](OC(C)=O)[C@H]3NC(=O)OCC(Cl)(Cl)Cl)O[C@H](O[C@H](C)[C@H](NC(=O)OCC3c4ccccc4-c4ccccc43)C(=O)OC(C)(C)C)[C@@H]2N=[N+]=[N-])[C@H](OC(C)=O)[C@@H](OC(C)=O)[C@H]1OC(C)=O. The number of nitrogens with zero attached hydrogens (tertiary/aromatic N) is 3. The molecule has 6 rings (SSSR count). The van der Waals surface area contributed by atoms with Crippen LogP contribution in [-0.2, 0) is 114 Å². The summed E-state index contributed by atoms with van der Waals surface area (Å²) in [6.45, 7) is 9.18. The summed E-state index contributed by atoms with van der Waals surface area (Å²) in [5.41, 5.74) is 12.7. The number of esters is 8. The Morgan fingerprint density at radius 3 is 1.58 bits per heavy atom. The van der Waals surface area contributed by atoms with E-state index in [4.69, 9.17) is 111 Å². The lowest BCUT2D eigenvalue weighted by Crippen LogP contribution is -2.68. The topological polar surface area (TPSA) is 411 Å². The first kappa shape index (κ1) is 74.7. The van der Waals surface area contributed by atoms with Gasteiger partial charge >= 0.3 is 59.9 Å². The van der Waals surface area contributed by atoms with E-state index < -0.39 is 206 Å². The zero-order chi connectivity index (χ0) is 68.8. The van der Waals surface area contributed by atoms with Gasteiger partial charge in [0.2, 0.25) is 3.79 Å². The van der Waals surface area contributed by atoms with Crippen LogP contribution in [-0.4, -0.2) is 212 Å². The third-order valence-electron chi connectivity index (χ3n) is 13.9. The number of aliphatic hydroxyl groups excluding tert-OH is 1. The monoisotopic (exact) mass is 1380 g/mol. The number of alkyl halides is 3. The largest absolute Gasteiger partial charge is 0.463 e. The lowest BCUT2D eigenvalue weighted by atomic mass is 9.95. The van der Waals surface area contributed by atoms with Crippen molar-refractivity contribution in [1.82, 2.24) is 10.6 Å². The van der Waals surface area contributed by atoms with Gasteiger partial charge in [-0.15, -0.1) is 0 Å². The van der Waals surface area contributed by atoms with Gasteiger partial charge in [0.15, 0.2) is 55.4 Å². The summed E-state index contributed by atoms with van der Waals surface area (Å²) in [5.74, 6) is -8.38. The van der Waals surface area contributed by atoms with Crippen LogP contribution in [0.25, 0.3) is 21.6 Å². The maximum absolute atomic E-state index is 14.3. The molecule has 2 amide bonds. The Bertz CT molecular complexity index is 3040. The second kappa shape index (κ2) is 33.2. The normalized spacial score (nSPS) is 27.3. The zero-order valence-corrected chi connectivity index (χ0v) is 54.4. The number of ether oxygens (including phenoxy) is 16. The Hall–Kier alpha value is -7.36. The molecule has 93 heavy (non-hydrogen) atoms. The summed E-state index contributed by atoms with van der Waals surface area (Å²) >= 11 is 17.6. The molecule has 0 radical (unpaired) electrons. The van der Waals surface area contributed by atoms with E-state index in [2.05, 4.69) is 20.7 Å². The first-order valence-electron chi connectivity index (χ1n) is 28.7. The molecule has 4 aliphatic rings. The molecular weight excluding hydrogens is 1310 g/mol. The van der Waals surface area contributed by atoms with Crippen molar-refractivity contribution in [3.05, 3.63) is 70.1 Å². The molecular formula is C58H72Cl3N5O27. The fourth-order valence-electron chi connectivity index (χ4n) is 10.4.